The molecule has 6 heteroatoms. The van der Waals surface area contributed by atoms with Crippen LogP contribution in [0, 0.1) is 19.3 Å². The van der Waals surface area contributed by atoms with E-state index in [-0.39, 0.29) is 18.6 Å². The standard InChI is InChI=1S/C29H42N2O4/c1-9-34-27(33)26(35-28(4,5)6)24-20(3)30-19(2)23(22-12-10-21(18-32)11-13-22)25(24)31-16-14-29(7,8)15-17-31/h10-13,26,32H,9,14-18H2,1-8H3/t26-/m0/s1. The van der Waals surface area contributed by atoms with Crippen LogP contribution < -0.4 is 4.90 Å². The second-order valence-corrected chi connectivity index (χ2v) is 11.3. The van der Waals surface area contributed by atoms with Crippen LogP contribution in [0.3, 0.4) is 0 Å². The molecule has 1 aromatic heterocycles. The minimum Gasteiger partial charge on any atom is -0.464 e. The molecule has 0 unspecified atom stereocenters. The lowest BCUT2D eigenvalue weighted by Crippen LogP contribution is -2.39. The lowest BCUT2D eigenvalue weighted by molar-refractivity contribution is -0.166. The van der Waals surface area contributed by atoms with Crippen molar-refractivity contribution in [1.29, 1.82) is 0 Å². The fourth-order valence-electron chi connectivity index (χ4n) is 4.74. The molecule has 0 radical (unpaired) electrons. The van der Waals surface area contributed by atoms with Gasteiger partial charge < -0.3 is 19.5 Å². The number of ether oxygens (including phenoxy) is 2. The number of carbonyl (C=O) groups is 1. The summed E-state index contributed by atoms with van der Waals surface area (Å²) >= 11 is 0. The number of aryl methyl sites for hydroxylation is 2. The topological polar surface area (TPSA) is 71.9 Å². The molecular formula is C29H42N2O4. The molecule has 2 aromatic rings. The zero-order chi connectivity index (χ0) is 26.0. The molecule has 1 saturated heterocycles. The number of nitrogens with zero attached hydrogens (tertiary/aromatic N) is 2. The van der Waals surface area contributed by atoms with E-state index in [1.165, 1.54) is 0 Å². The highest BCUT2D eigenvalue weighted by Gasteiger charge is 2.37. The van der Waals surface area contributed by atoms with Crippen molar-refractivity contribution < 1.29 is 19.4 Å². The summed E-state index contributed by atoms with van der Waals surface area (Å²) in [5.74, 6) is -0.392. The first-order chi connectivity index (χ1) is 16.4. The van der Waals surface area contributed by atoms with E-state index in [0.29, 0.717) is 0 Å². The van der Waals surface area contributed by atoms with E-state index < -0.39 is 17.7 Å². The maximum absolute atomic E-state index is 13.3. The minimum absolute atomic E-state index is 0.00488. The Morgan fingerprint density at radius 1 is 1.11 bits per heavy atom. The van der Waals surface area contributed by atoms with Gasteiger partial charge in [-0.05, 0) is 70.9 Å². The maximum atomic E-state index is 13.3. The first-order valence-corrected chi connectivity index (χ1v) is 12.7. The van der Waals surface area contributed by atoms with Crippen LogP contribution in [0.2, 0.25) is 0 Å². The van der Waals surface area contributed by atoms with E-state index in [4.69, 9.17) is 14.5 Å². The van der Waals surface area contributed by atoms with E-state index in [1.807, 2.05) is 65.8 Å². The number of aliphatic hydroxyl groups is 1. The van der Waals surface area contributed by atoms with Crippen molar-refractivity contribution in [3.8, 4) is 11.1 Å². The summed E-state index contributed by atoms with van der Waals surface area (Å²) in [5.41, 5.74) is 6.05. The number of hydrogen-bond acceptors (Lipinski definition) is 6. The Morgan fingerprint density at radius 3 is 2.23 bits per heavy atom. The Hall–Kier alpha value is -2.44. The van der Waals surface area contributed by atoms with Gasteiger partial charge in [0.1, 0.15) is 0 Å². The highest BCUT2D eigenvalue weighted by Crippen LogP contribution is 2.45. The van der Waals surface area contributed by atoms with Gasteiger partial charge >= 0.3 is 5.97 Å². The van der Waals surface area contributed by atoms with E-state index in [0.717, 1.165) is 65.3 Å². The molecule has 1 aliphatic heterocycles. The molecule has 0 saturated carbocycles. The van der Waals surface area contributed by atoms with Gasteiger partial charge in [-0.3, -0.25) is 4.98 Å². The summed E-state index contributed by atoms with van der Waals surface area (Å²) in [5, 5.41) is 9.55. The van der Waals surface area contributed by atoms with Crippen molar-refractivity contribution in [2.45, 2.75) is 86.5 Å². The summed E-state index contributed by atoms with van der Waals surface area (Å²) in [6.07, 6.45) is 1.23. The molecule has 6 nitrogen and oxygen atoms in total. The second-order valence-electron chi connectivity index (χ2n) is 11.3. The molecule has 1 aliphatic rings. The molecule has 2 heterocycles. The third-order valence-corrected chi connectivity index (χ3v) is 6.67. The first kappa shape index (κ1) is 27.2. The van der Waals surface area contributed by atoms with Crippen LogP contribution in [0.1, 0.15) is 83.0 Å². The number of anilines is 1. The summed E-state index contributed by atoms with van der Waals surface area (Å²) in [4.78, 5) is 20.6. The quantitative estimate of drug-likeness (QED) is 0.495. The number of hydrogen-bond donors (Lipinski definition) is 1. The van der Waals surface area contributed by atoms with Crippen LogP contribution in [0.25, 0.3) is 11.1 Å². The Morgan fingerprint density at radius 2 is 1.71 bits per heavy atom. The monoisotopic (exact) mass is 482 g/mol. The molecule has 0 amide bonds. The van der Waals surface area contributed by atoms with E-state index in [2.05, 4.69) is 18.7 Å². The van der Waals surface area contributed by atoms with E-state index in [1.54, 1.807) is 0 Å². The number of carbonyl (C=O) groups excluding carboxylic acids is 1. The number of rotatable bonds is 7. The van der Waals surface area contributed by atoms with E-state index >= 15 is 0 Å². The molecule has 0 spiro atoms. The van der Waals surface area contributed by atoms with Gasteiger partial charge in [0.15, 0.2) is 6.10 Å². The Labute approximate surface area is 210 Å². The molecule has 3 rings (SSSR count). The molecule has 1 N–H and O–H groups in total. The summed E-state index contributed by atoms with van der Waals surface area (Å²) in [6, 6.07) is 7.92. The predicted octanol–water partition coefficient (Wildman–Crippen LogP) is 5.90. The fourth-order valence-corrected chi connectivity index (χ4v) is 4.74. The van der Waals surface area contributed by atoms with Gasteiger partial charge in [-0.2, -0.15) is 0 Å². The van der Waals surface area contributed by atoms with Crippen LogP contribution in [0.5, 0.6) is 0 Å². The normalized spacial score (nSPS) is 16.8. The molecule has 1 atom stereocenters. The zero-order valence-corrected chi connectivity index (χ0v) is 22.7. The van der Waals surface area contributed by atoms with Crippen LogP contribution in [-0.2, 0) is 20.9 Å². The number of esters is 1. The average molecular weight is 483 g/mol. The van der Waals surface area contributed by atoms with Gasteiger partial charge in [-0.25, -0.2) is 4.79 Å². The largest absolute Gasteiger partial charge is 0.464 e. The van der Waals surface area contributed by atoms with Gasteiger partial charge in [0.25, 0.3) is 0 Å². The van der Waals surface area contributed by atoms with Gasteiger partial charge in [0.05, 0.1) is 24.5 Å². The number of benzene rings is 1. The third kappa shape index (κ3) is 6.42. The molecule has 0 aliphatic carbocycles. The Balaban J connectivity index is 2.29. The lowest BCUT2D eigenvalue weighted by Gasteiger charge is -2.41. The maximum Gasteiger partial charge on any atom is 0.340 e. The average Bonchev–Trinajstić information content (AvgIpc) is 2.77. The summed E-state index contributed by atoms with van der Waals surface area (Å²) < 4.78 is 11.9. The van der Waals surface area contributed by atoms with Crippen LogP contribution in [0.15, 0.2) is 24.3 Å². The number of pyridine rings is 1. The zero-order valence-electron chi connectivity index (χ0n) is 22.7. The molecule has 192 valence electrons. The van der Waals surface area contributed by atoms with Crippen LogP contribution >= 0.6 is 0 Å². The second kappa shape index (κ2) is 10.7. The predicted molar refractivity (Wildman–Crippen MR) is 141 cm³/mol. The van der Waals surface area contributed by atoms with E-state index in [9.17, 15) is 9.90 Å². The molecular weight excluding hydrogens is 440 g/mol. The van der Waals surface area contributed by atoms with Gasteiger partial charge in [0, 0.05) is 35.6 Å². The highest BCUT2D eigenvalue weighted by atomic mass is 16.6. The highest BCUT2D eigenvalue weighted by molar-refractivity contribution is 5.88. The fraction of sp³-hybridized carbons (Fsp3) is 0.586. The first-order valence-electron chi connectivity index (χ1n) is 12.7. The van der Waals surface area contributed by atoms with Crippen molar-refractivity contribution in [3.63, 3.8) is 0 Å². The third-order valence-electron chi connectivity index (χ3n) is 6.67. The summed E-state index contributed by atoms with van der Waals surface area (Å²) in [6.45, 7) is 18.3. The van der Waals surface area contributed by atoms with Crippen LogP contribution in [0.4, 0.5) is 5.69 Å². The van der Waals surface area contributed by atoms with Gasteiger partial charge in [-0.1, -0.05) is 38.1 Å². The van der Waals surface area contributed by atoms with Crippen LogP contribution in [-0.4, -0.2) is 41.4 Å². The van der Waals surface area contributed by atoms with Crippen molar-refractivity contribution in [2.75, 3.05) is 24.6 Å². The minimum atomic E-state index is -0.886. The lowest BCUT2D eigenvalue weighted by atomic mass is 9.81. The molecule has 1 fully saturated rings. The SMILES string of the molecule is CCOC(=O)[C@@H](OC(C)(C)C)c1c(C)nc(C)c(-c2ccc(CO)cc2)c1N1CCC(C)(C)CC1. The van der Waals surface area contributed by atoms with Gasteiger partial charge in [-0.15, -0.1) is 0 Å². The molecule has 35 heavy (non-hydrogen) atoms. The van der Waals surface area contributed by atoms with Crippen molar-refractivity contribution in [2.24, 2.45) is 5.41 Å². The number of aliphatic hydroxyl groups excluding tert-OH is 1. The smallest absolute Gasteiger partial charge is 0.340 e. The molecule has 1 aromatic carbocycles. The van der Waals surface area contributed by atoms with Crippen molar-refractivity contribution >= 4 is 11.7 Å². The number of piperidine rings is 1. The summed E-state index contributed by atoms with van der Waals surface area (Å²) in [7, 11) is 0. The molecule has 0 bridgehead atoms. The van der Waals surface area contributed by atoms with Gasteiger partial charge in [0.2, 0.25) is 0 Å². The van der Waals surface area contributed by atoms with Crippen molar-refractivity contribution in [1.82, 2.24) is 4.98 Å². The number of aromatic nitrogens is 1. The van der Waals surface area contributed by atoms with Crippen molar-refractivity contribution in [3.05, 3.63) is 46.8 Å². The Kier molecular flexibility index (Phi) is 8.28. The Bertz CT molecular complexity index is 1030.